The Bertz CT molecular complexity index is 814. The molecule has 0 aliphatic rings. The van der Waals surface area contributed by atoms with Gasteiger partial charge in [-0.2, -0.15) is 0 Å². The molecular formula is C22H35N2O7P. The Balaban J connectivity index is 2.75. The zero-order chi connectivity index (χ0) is 24.4. The van der Waals surface area contributed by atoms with Crippen LogP contribution in [0.5, 0.6) is 0 Å². The number of hydrogen-bond donors (Lipinski definition) is 2. The number of carbonyl (C=O) groups is 3. The van der Waals surface area contributed by atoms with E-state index in [0.29, 0.717) is 6.42 Å². The fourth-order valence-electron chi connectivity index (χ4n) is 2.70. The highest BCUT2D eigenvalue weighted by atomic mass is 31.2. The van der Waals surface area contributed by atoms with Crippen LogP contribution in [0.2, 0.25) is 0 Å². The van der Waals surface area contributed by atoms with Gasteiger partial charge in [0.15, 0.2) is 0 Å². The summed E-state index contributed by atoms with van der Waals surface area (Å²) in [6.07, 6.45) is -0.494. The summed E-state index contributed by atoms with van der Waals surface area (Å²) in [4.78, 5) is 36.3. The maximum atomic E-state index is 13.1. The summed E-state index contributed by atoms with van der Waals surface area (Å²) in [5.41, 5.74) is 0.178. The van der Waals surface area contributed by atoms with Gasteiger partial charge < -0.3 is 19.3 Å². The van der Waals surface area contributed by atoms with Gasteiger partial charge in [-0.25, -0.2) is 5.09 Å². The largest absolute Gasteiger partial charge is 0.469 e. The van der Waals surface area contributed by atoms with Crippen molar-refractivity contribution < 1.29 is 32.9 Å². The van der Waals surface area contributed by atoms with Gasteiger partial charge in [0.1, 0.15) is 18.8 Å². The summed E-state index contributed by atoms with van der Waals surface area (Å²) in [6, 6.07) is 8.28. The van der Waals surface area contributed by atoms with Crippen LogP contribution in [0.15, 0.2) is 30.3 Å². The van der Waals surface area contributed by atoms with Crippen molar-refractivity contribution >= 4 is 25.4 Å². The van der Waals surface area contributed by atoms with E-state index in [2.05, 4.69) is 15.1 Å². The normalized spacial score (nSPS) is 15.2. The van der Waals surface area contributed by atoms with Gasteiger partial charge in [-0.15, -0.1) is 0 Å². The second-order valence-corrected chi connectivity index (χ2v) is 10.4. The molecule has 0 fully saturated rings. The highest BCUT2D eigenvalue weighted by molar-refractivity contribution is 7.56. The third-order valence-corrected chi connectivity index (χ3v) is 6.50. The Hall–Kier alpha value is -2.22. The molecule has 1 aromatic carbocycles. The van der Waals surface area contributed by atoms with Crippen LogP contribution < -0.4 is 10.4 Å². The summed E-state index contributed by atoms with van der Waals surface area (Å²) in [6.45, 7) is 8.50. The van der Waals surface area contributed by atoms with E-state index in [0.717, 1.165) is 5.56 Å². The van der Waals surface area contributed by atoms with Gasteiger partial charge in [-0.05, 0) is 18.9 Å². The number of methoxy groups -OCH3 is 1. The van der Waals surface area contributed by atoms with Crippen molar-refractivity contribution in [1.29, 1.82) is 0 Å². The summed E-state index contributed by atoms with van der Waals surface area (Å²) < 4.78 is 28.7. The van der Waals surface area contributed by atoms with Gasteiger partial charge in [-0.3, -0.25) is 18.9 Å². The molecule has 1 rings (SSSR count). The molecule has 9 nitrogen and oxygen atoms in total. The lowest BCUT2D eigenvalue weighted by atomic mass is 9.83. The second kappa shape index (κ2) is 12.7. The smallest absolute Gasteiger partial charge is 0.323 e. The Labute approximate surface area is 190 Å². The molecule has 0 saturated heterocycles. The Kier molecular flexibility index (Phi) is 11.1. The third-order valence-electron chi connectivity index (χ3n) is 5.03. The molecule has 0 aliphatic carbocycles. The number of benzene rings is 1. The van der Waals surface area contributed by atoms with E-state index in [1.165, 1.54) is 20.7 Å². The first-order chi connectivity index (χ1) is 14.9. The predicted molar refractivity (Wildman–Crippen MR) is 121 cm³/mol. The first-order valence-electron chi connectivity index (χ1n) is 10.5. The fourth-order valence-corrected chi connectivity index (χ4v) is 4.36. The highest BCUT2D eigenvalue weighted by Crippen LogP contribution is 2.44. The van der Waals surface area contributed by atoms with E-state index in [1.807, 2.05) is 51.1 Å². The molecule has 3 atom stereocenters. The predicted octanol–water partition coefficient (Wildman–Crippen LogP) is 3.03. The summed E-state index contributed by atoms with van der Waals surface area (Å²) in [7, 11) is -2.31. The molecule has 10 heteroatoms. The van der Waals surface area contributed by atoms with E-state index >= 15 is 0 Å². The van der Waals surface area contributed by atoms with Crippen LogP contribution in [0, 0.1) is 5.41 Å². The number of ether oxygens (including phenoxy) is 2. The van der Waals surface area contributed by atoms with E-state index in [1.54, 1.807) is 0 Å². The topological polar surface area (TPSA) is 120 Å². The van der Waals surface area contributed by atoms with Crippen molar-refractivity contribution in [2.75, 3.05) is 20.3 Å². The first-order valence-corrected chi connectivity index (χ1v) is 12.6. The van der Waals surface area contributed by atoms with E-state index in [-0.39, 0.29) is 19.6 Å². The molecule has 1 aromatic rings. The average Bonchev–Trinajstić information content (AvgIpc) is 2.75. The molecule has 180 valence electrons. The molecule has 0 aromatic heterocycles. The number of amides is 1. The molecule has 0 saturated carbocycles. The van der Waals surface area contributed by atoms with Crippen molar-refractivity contribution in [3.8, 4) is 0 Å². The van der Waals surface area contributed by atoms with Crippen LogP contribution in [0.3, 0.4) is 0 Å². The van der Waals surface area contributed by atoms with E-state index in [4.69, 9.17) is 9.26 Å². The van der Waals surface area contributed by atoms with Crippen LogP contribution in [-0.2, 0) is 39.6 Å². The minimum atomic E-state index is -3.58. The second-order valence-electron chi connectivity index (χ2n) is 8.23. The molecule has 0 bridgehead atoms. The van der Waals surface area contributed by atoms with Crippen LogP contribution in [0.4, 0.5) is 0 Å². The first kappa shape index (κ1) is 27.8. The molecule has 0 aliphatic heterocycles. The van der Waals surface area contributed by atoms with E-state index in [9.17, 15) is 18.9 Å². The van der Waals surface area contributed by atoms with Crippen molar-refractivity contribution in [2.24, 2.45) is 5.41 Å². The number of carbonyl (C=O) groups excluding carboxylic acids is 3. The average molecular weight is 471 g/mol. The van der Waals surface area contributed by atoms with Crippen molar-refractivity contribution in [2.45, 2.75) is 59.3 Å². The molecule has 2 N–H and O–H groups in total. The lowest BCUT2D eigenvalue weighted by molar-refractivity contribution is -0.146. The molecule has 32 heavy (non-hydrogen) atoms. The van der Waals surface area contributed by atoms with Crippen LogP contribution >= 0.6 is 7.52 Å². The van der Waals surface area contributed by atoms with Gasteiger partial charge >= 0.3 is 11.9 Å². The molecule has 1 amide bonds. The quantitative estimate of drug-likeness (QED) is 0.333. The van der Waals surface area contributed by atoms with Crippen molar-refractivity contribution in [3.05, 3.63) is 35.9 Å². The Morgan fingerprint density at radius 2 is 1.78 bits per heavy atom. The molecule has 0 radical (unpaired) electrons. The SMILES string of the molecule is CCC(C)(C)[C@@H](OP(C)(=O)N[C@@H](C)C(=O)OCc1ccccc1)C(=O)NCCC(=O)OC. The van der Waals surface area contributed by atoms with E-state index < -0.39 is 42.9 Å². The Morgan fingerprint density at radius 1 is 1.16 bits per heavy atom. The van der Waals surface area contributed by atoms with Crippen molar-refractivity contribution in [3.63, 3.8) is 0 Å². The summed E-state index contributed by atoms with van der Waals surface area (Å²) in [5, 5.41) is 5.28. The molecule has 1 unspecified atom stereocenters. The zero-order valence-corrected chi connectivity index (χ0v) is 20.6. The van der Waals surface area contributed by atoms with Crippen molar-refractivity contribution in [1.82, 2.24) is 10.4 Å². The minimum absolute atomic E-state index is 0.00778. The minimum Gasteiger partial charge on any atom is -0.469 e. The highest BCUT2D eigenvalue weighted by Gasteiger charge is 2.39. The van der Waals surface area contributed by atoms with Gasteiger partial charge in [0.05, 0.1) is 13.5 Å². The van der Waals surface area contributed by atoms with Gasteiger partial charge in [0.25, 0.3) is 7.52 Å². The number of nitrogens with one attached hydrogen (secondary N) is 2. The molecule has 0 spiro atoms. The number of hydrogen-bond acceptors (Lipinski definition) is 7. The fraction of sp³-hybridized carbons (Fsp3) is 0.591. The number of esters is 2. The monoisotopic (exact) mass is 470 g/mol. The summed E-state index contributed by atoms with van der Waals surface area (Å²) >= 11 is 0. The van der Waals surface area contributed by atoms with Gasteiger partial charge in [-0.1, -0.05) is 51.1 Å². The lowest BCUT2D eigenvalue weighted by Crippen LogP contribution is -2.46. The third kappa shape index (κ3) is 9.51. The maximum Gasteiger partial charge on any atom is 0.323 e. The Morgan fingerprint density at radius 3 is 2.34 bits per heavy atom. The van der Waals surface area contributed by atoms with Gasteiger partial charge in [0, 0.05) is 18.6 Å². The number of rotatable bonds is 13. The standard InChI is InChI=1S/C22H35N2O7P/c1-7-22(3,4)19(20(26)23-14-13-18(25)29-5)31-32(6,28)24-16(2)21(27)30-15-17-11-9-8-10-12-17/h8-12,16,19H,7,13-15H2,1-6H3,(H,23,26)(H,24,28)/t16-,19-,32?/m0/s1. The molecule has 0 heterocycles. The van der Waals surface area contributed by atoms with Crippen LogP contribution in [0.25, 0.3) is 0 Å². The maximum absolute atomic E-state index is 13.1. The van der Waals surface area contributed by atoms with Crippen LogP contribution in [0.1, 0.15) is 46.1 Å². The molecular weight excluding hydrogens is 435 g/mol. The van der Waals surface area contributed by atoms with Crippen LogP contribution in [-0.4, -0.2) is 50.3 Å². The van der Waals surface area contributed by atoms with Gasteiger partial charge in [0.2, 0.25) is 5.91 Å². The zero-order valence-electron chi connectivity index (χ0n) is 19.7. The summed E-state index contributed by atoms with van der Waals surface area (Å²) in [5.74, 6) is -1.54. The lowest BCUT2D eigenvalue weighted by Gasteiger charge is -2.34.